The number of hydrogen-bond acceptors (Lipinski definition) is 3. The molecule has 0 saturated heterocycles. The van der Waals surface area contributed by atoms with Crippen molar-refractivity contribution in [3.8, 4) is 0 Å². The number of carbonyl (C=O) groups excluding carboxylic acids is 1. The van der Waals surface area contributed by atoms with Crippen LogP contribution in [0.25, 0.3) is 0 Å². The van der Waals surface area contributed by atoms with Gasteiger partial charge in [-0.05, 0) is 36.2 Å². The van der Waals surface area contributed by atoms with Crippen molar-refractivity contribution in [1.29, 1.82) is 0 Å². The largest absolute Gasteiger partial charge is 0.479 e. The van der Waals surface area contributed by atoms with E-state index in [0.717, 1.165) is 5.56 Å². The van der Waals surface area contributed by atoms with Crippen LogP contribution in [-0.4, -0.2) is 17.0 Å². The Morgan fingerprint density at radius 2 is 1.81 bits per heavy atom. The predicted molar refractivity (Wildman–Crippen MR) is 79.9 cm³/mol. The summed E-state index contributed by atoms with van der Waals surface area (Å²) in [6.07, 6.45) is 0. The SMILES string of the molecule is Cc1cc(C(=O)N[C@H](C(=O)O)c2ccccc2)ccc1N. The zero-order valence-electron chi connectivity index (χ0n) is 11.5. The number of anilines is 1. The number of amides is 1. The second-order valence-corrected chi connectivity index (χ2v) is 4.73. The van der Waals surface area contributed by atoms with Crippen molar-refractivity contribution in [3.05, 3.63) is 65.2 Å². The molecule has 0 bridgehead atoms. The number of benzene rings is 2. The number of hydrogen-bond donors (Lipinski definition) is 3. The van der Waals surface area contributed by atoms with Gasteiger partial charge in [0, 0.05) is 11.3 Å². The van der Waals surface area contributed by atoms with Gasteiger partial charge in [-0.15, -0.1) is 0 Å². The molecular formula is C16H16N2O3. The molecule has 0 saturated carbocycles. The topological polar surface area (TPSA) is 92.4 Å². The second kappa shape index (κ2) is 6.09. The lowest BCUT2D eigenvalue weighted by atomic mass is 10.1. The Balaban J connectivity index is 2.23. The van der Waals surface area contributed by atoms with Crippen molar-refractivity contribution < 1.29 is 14.7 Å². The first-order valence-electron chi connectivity index (χ1n) is 6.44. The minimum absolute atomic E-state index is 0.379. The molecule has 0 aliphatic rings. The number of aryl methyl sites for hydroxylation is 1. The highest BCUT2D eigenvalue weighted by molar-refractivity contribution is 5.97. The molecule has 4 N–H and O–H groups in total. The summed E-state index contributed by atoms with van der Waals surface area (Å²) in [6, 6.07) is 12.3. The van der Waals surface area contributed by atoms with E-state index in [4.69, 9.17) is 5.73 Å². The lowest BCUT2D eigenvalue weighted by molar-refractivity contribution is -0.139. The van der Waals surface area contributed by atoms with Gasteiger partial charge in [-0.1, -0.05) is 30.3 Å². The zero-order valence-corrected chi connectivity index (χ0v) is 11.5. The van der Waals surface area contributed by atoms with Crippen molar-refractivity contribution in [2.75, 3.05) is 5.73 Å². The Bertz CT molecular complexity index is 668. The fourth-order valence-electron chi connectivity index (χ4n) is 1.96. The summed E-state index contributed by atoms with van der Waals surface area (Å²) in [6.45, 7) is 1.79. The van der Waals surface area contributed by atoms with Gasteiger partial charge in [0.05, 0.1) is 0 Å². The van der Waals surface area contributed by atoms with Crippen LogP contribution in [0.1, 0.15) is 27.5 Å². The molecule has 2 rings (SSSR count). The molecular weight excluding hydrogens is 268 g/mol. The quantitative estimate of drug-likeness (QED) is 0.750. The Kier molecular flexibility index (Phi) is 4.23. The van der Waals surface area contributed by atoms with Gasteiger partial charge in [-0.25, -0.2) is 4.79 Å². The highest BCUT2D eigenvalue weighted by Gasteiger charge is 2.22. The molecule has 0 radical (unpaired) electrons. The second-order valence-electron chi connectivity index (χ2n) is 4.73. The number of aliphatic carboxylic acids is 1. The van der Waals surface area contributed by atoms with Gasteiger partial charge in [0.2, 0.25) is 0 Å². The van der Waals surface area contributed by atoms with E-state index >= 15 is 0 Å². The molecule has 5 heteroatoms. The number of nitrogens with two attached hydrogens (primary N) is 1. The van der Waals surface area contributed by atoms with Crippen LogP contribution in [0.3, 0.4) is 0 Å². The van der Waals surface area contributed by atoms with Crippen LogP contribution in [0.4, 0.5) is 5.69 Å². The number of carbonyl (C=O) groups is 2. The first kappa shape index (κ1) is 14.6. The lowest BCUT2D eigenvalue weighted by Gasteiger charge is -2.15. The van der Waals surface area contributed by atoms with Crippen LogP contribution < -0.4 is 11.1 Å². The van der Waals surface area contributed by atoms with Crippen LogP contribution in [0, 0.1) is 6.92 Å². The van der Waals surface area contributed by atoms with Crippen LogP contribution >= 0.6 is 0 Å². The molecule has 108 valence electrons. The van der Waals surface area contributed by atoms with Gasteiger partial charge in [0.1, 0.15) is 0 Å². The smallest absolute Gasteiger partial charge is 0.330 e. The van der Waals surface area contributed by atoms with Crippen molar-refractivity contribution in [3.63, 3.8) is 0 Å². The molecule has 1 atom stereocenters. The van der Waals surface area contributed by atoms with E-state index in [1.165, 1.54) is 0 Å². The number of nitrogen functional groups attached to an aromatic ring is 1. The standard InChI is InChI=1S/C16H16N2O3/c1-10-9-12(7-8-13(10)17)15(19)18-14(16(20)21)11-5-3-2-4-6-11/h2-9,14H,17H2,1H3,(H,18,19)(H,20,21)/t14-/m0/s1. The maximum absolute atomic E-state index is 12.2. The molecule has 0 fully saturated rings. The van der Waals surface area contributed by atoms with Gasteiger partial charge < -0.3 is 16.2 Å². The van der Waals surface area contributed by atoms with Crippen LogP contribution in [0.5, 0.6) is 0 Å². The monoisotopic (exact) mass is 284 g/mol. The average molecular weight is 284 g/mol. The fourth-order valence-corrected chi connectivity index (χ4v) is 1.96. The van der Waals surface area contributed by atoms with E-state index in [-0.39, 0.29) is 0 Å². The Morgan fingerprint density at radius 1 is 1.14 bits per heavy atom. The number of carboxylic acid groups (broad SMARTS) is 1. The van der Waals surface area contributed by atoms with E-state index in [9.17, 15) is 14.7 Å². The number of rotatable bonds is 4. The molecule has 0 aromatic heterocycles. The normalized spacial score (nSPS) is 11.7. The summed E-state index contributed by atoms with van der Waals surface area (Å²) in [4.78, 5) is 23.5. The van der Waals surface area contributed by atoms with Gasteiger partial charge in [-0.3, -0.25) is 4.79 Å². The van der Waals surface area contributed by atoms with E-state index in [1.54, 1.807) is 55.5 Å². The zero-order chi connectivity index (χ0) is 15.4. The Morgan fingerprint density at radius 3 is 2.38 bits per heavy atom. The summed E-state index contributed by atoms with van der Waals surface area (Å²) < 4.78 is 0. The Labute approximate surface area is 122 Å². The molecule has 2 aromatic rings. The van der Waals surface area contributed by atoms with Crippen molar-refractivity contribution in [2.45, 2.75) is 13.0 Å². The molecule has 5 nitrogen and oxygen atoms in total. The summed E-state index contributed by atoms with van der Waals surface area (Å²) in [5.74, 6) is -1.56. The van der Waals surface area contributed by atoms with Crippen molar-refractivity contribution in [1.82, 2.24) is 5.32 Å². The summed E-state index contributed by atoms with van der Waals surface area (Å²) >= 11 is 0. The number of carboxylic acids is 1. The van der Waals surface area contributed by atoms with Gasteiger partial charge in [0.15, 0.2) is 6.04 Å². The molecule has 2 aromatic carbocycles. The van der Waals surface area contributed by atoms with Gasteiger partial charge >= 0.3 is 5.97 Å². The minimum atomic E-state index is -1.11. The fraction of sp³-hybridized carbons (Fsp3) is 0.125. The highest BCUT2D eigenvalue weighted by Crippen LogP contribution is 2.16. The summed E-state index contributed by atoms with van der Waals surface area (Å²) in [7, 11) is 0. The molecule has 21 heavy (non-hydrogen) atoms. The molecule has 0 aliphatic carbocycles. The third kappa shape index (κ3) is 3.39. The average Bonchev–Trinajstić information content (AvgIpc) is 2.48. The summed E-state index contributed by atoms with van der Waals surface area (Å²) in [5, 5.41) is 11.8. The predicted octanol–water partition coefficient (Wildman–Crippen LogP) is 2.13. The molecule has 0 unspecified atom stereocenters. The molecule has 0 heterocycles. The van der Waals surface area contributed by atoms with Gasteiger partial charge in [-0.2, -0.15) is 0 Å². The Hall–Kier alpha value is -2.82. The maximum atomic E-state index is 12.2. The molecule has 1 amide bonds. The lowest BCUT2D eigenvalue weighted by Crippen LogP contribution is -2.33. The van der Waals surface area contributed by atoms with Gasteiger partial charge in [0.25, 0.3) is 5.91 Å². The summed E-state index contributed by atoms with van der Waals surface area (Å²) in [5.41, 5.74) is 7.96. The van der Waals surface area contributed by atoms with E-state index in [2.05, 4.69) is 5.32 Å². The van der Waals surface area contributed by atoms with Crippen LogP contribution in [0.15, 0.2) is 48.5 Å². The van der Waals surface area contributed by atoms with Crippen molar-refractivity contribution >= 4 is 17.6 Å². The molecule has 0 spiro atoms. The highest BCUT2D eigenvalue weighted by atomic mass is 16.4. The first-order chi connectivity index (χ1) is 9.99. The van der Waals surface area contributed by atoms with Crippen molar-refractivity contribution in [2.24, 2.45) is 0 Å². The third-order valence-electron chi connectivity index (χ3n) is 3.19. The maximum Gasteiger partial charge on any atom is 0.330 e. The first-order valence-corrected chi connectivity index (χ1v) is 6.44. The van der Waals surface area contributed by atoms with E-state index < -0.39 is 17.9 Å². The molecule has 0 aliphatic heterocycles. The van der Waals surface area contributed by atoms with Crippen LogP contribution in [-0.2, 0) is 4.79 Å². The van der Waals surface area contributed by atoms with Crippen LogP contribution in [0.2, 0.25) is 0 Å². The third-order valence-corrected chi connectivity index (χ3v) is 3.19. The van der Waals surface area contributed by atoms with E-state index in [1.807, 2.05) is 0 Å². The number of nitrogens with one attached hydrogen (secondary N) is 1. The minimum Gasteiger partial charge on any atom is -0.479 e. The van der Waals surface area contributed by atoms with E-state index in [0.29, 0.717) is 16.8 Å².